The topological polar surface area (TPSA) is 38.8 Å². The van der Waals surface area contributed by atoms with Gasteiger partial charge in [0.1, 0.15) is 11.5 Å². The van der Waals surface area contributed by atoms with Crippen molar-refractivity contribution >= 4 is 17.7 Å². The summed E-state index contributed by atoms with van der Waals surface area (Å²) in [4.78, 5) is 15.0. The number of alkyl halides is 3. The zero-order chi connectivity index (χ0) is 20.0. The molecular weight excluding hydrogens is 379 g/mol. The molecule has 0 N–H and O–H groups in total. The first-order valence-electron chi connectivity index (χ1n) is 8.08. The fourth-order valence-corrected chi connectivity index (χ4v) is 3.35. The first-order chi connectivity index (χ1) is 12.7. The molecule has 0 aliphatic rings. The number of rotatable bonds is 7. The number of carbonyl (C=O) groups excluding carboxylic acids is 1. The van der Waals surface area contributed by atoms with E-state index in [-0.39, 0.29) is 16.9 Å². The fourth-order valence-electron chi connectivity index (χ4n) is 2.37. The number of amides is 1. The third-order valence-corrected chi connectivity index (χ3v) is 4.77. The molecular formula is C19H20F3NO3S. The summed E-state index contributed by atoms with van der Waals surface area (Å²) < 4.78 is 45.5. The maximum atomic E-state index is 12.5. The number of thioether (sulfide) groups is 1. The number of halogens is 3. The summed E-state index contributed by atoms with van der Waals surface area (Å²) in [5, 5.41) is -0.309. The molecule has 0 aromatic heterocycles. The molecule has 0 saturated heterocycles. The van der Waals surface area contributed by atoms with Crippen LogP contribution in [-0.2, 0) is 11.3 Å². The number of carbonyl (C=O) groups is 1. The minimum atomic E-state index is -4.72. The molecule has 8 heteroatoms. The van der Waals surface area contributed by atoms with Gasteiger partial charge in [-0.15, -0.1) is 24.9 Å². The maximum Gasteiger partial charge on any atom is 0.573 e. The second-order valence-electron chi connectivity index (χ2n) is 5.82. The molecule has 0 heterocycles. The Morgan fingerprint density at radius 1 is 1.07 bits per heavy atom. The van der Waals surface area contributed by atoms with Crippen LogP contribution in [0.25, 0.3) is 0 Å². The van der Waals surface area contributed by atoms with Crippen molar-refractivity contribution in [1.29, 1.82) is 0 Å². The molecule has 0 radical (unpaired) electrons. The van der Waals surface area contributed by atoms with Crippen LogP contribution in [-0.4, -0.2) is 36.6 Å². The van der Waals surface area contributed by atoms with E-state index in [2.05, 4.69) is 4.74 Å². The quantitative estimate of drug-likeness (QED) is 0.631. The van der Waals surface area contributed by atoms with E-state index in [1.807, 2.05) is 31.2 Å². The van der Waals surface area contributed by atoms with E-state index < -0.39 is 6.36 Å². The van der Waals surface area contributed by atoms with E-state index in [9.17, 15) is 18.0 Å². The third-order valence-electron chi connectivity index (χ3n) is 3.67. The zero-order valence-corrected chi connectivity index (χ0v) is 15.9. The van der Waals surface area contributed by atoms with Crippen LogP contribution in [0.2, 0.25) is 0 Å². The third kappa shape index (κ3) is 6.71. The average Bonchev–Trinajstić information content (AvgIpc) is 2.62. The smallest absolute Gasteiger partial charge is 0.497 e. The summed E-state index contributed by atoms with van der Waals surface area (Å²) in [6, 6.07) is 12.9. The van der Waals surface area contributed by atoms with Crippen molar-refractivity contribution in [3.8, 4) is 11.5 Å². The lowest BCUT2D eigenvalue weighted by Gasteiger charge is -2.21. The van der Waals surface area contributed by atoms with Gasteiger partial charge >= 0.3 is 6.36 Å². The van der Waals surface area contributed by atoms with E-state index in [0.717, 1.165) is 10.6 Å². The van der Waals surface area contributed by atoms with Crippen LogP contribution in [0.4, 0.5) is 13.2 Å². The first kappa shape index (κ1) is 21.0. The molecule has 1 atom stereocenters. The highest BCUT2D eigenvalue weighted by Gasteiger charge is 2.31. The van der Waals surface area contributed by atoms with Crippen LogP contribution in [0.3, 0.4) is 0 Å². The van der Waals surface area contributed by atoms with E-state index in [0.29, 0.717) is 12.1 Å². The average molecular weight is 399 g/mol. The Morgan fingerprint density at radius 2 is 1.63 bits per heavy atom. The summed E-state index contributed by atoms with van der Waals surface area (Å²) in [6.07, 6.45) is -4.72. The molecule has 0 aliphatic carbocycles. The molecule has 2 aromatic rings. The molecule has 4 nitrogen and oxygen atoms in total. The minimum Gasteiger partial charge on any atom is -0.497 e. The van der Waals surface area contributed by atoms with E-state index >= 15 is 0 Å². The predicted octanol–water partition coefficient (Wildman–Crippen LogP) is 4.73. The normalized spacial score (nSPS) is 12.4. The second kappa shape index (κ2) is 9.03. The Hall–Kier alpha value is -2.35. The molecule has 2 aromatic carbocycles. The predicted molar refractivity (Wildman–Crippen MR) is 97.9 cm³/mol. The van der Waals surface area contributed by atoms with Crippen molar-refractivity contribution in [3.63, 3.8) is 0 Å². The fraction of sp³-hybridized carbons (Fsp3) is 0.316. The highest BCUT2D eigenvalue weighted by Crippen LogP contribution is 2.27. The highest BCUT2D eigenvalue weighted by atomic mass is 32.2. The Kier molecular flexibility index (Phi) is 7.01. The van der Waals surface area contributed by atoms with Gasteiger partial charge in [0.05, 0.1) is 12.4 Å². The molecule has 146 valence electrons. The SMILES string of the molecule is COc1ccc(SC(C)C(=O)N(C)Cc2ccc(OC(F)(F)F)cc2)cc1. The molecule has 1 unspecified atom stereocenters. The van der Waals surface area contributed by atoms with Crippen molar-refractivity contribution in [3.05, 3.63) is 54.1 Å². The lowest BCUT2D eigenvalue weighted by Crippen LogP contribution is -2.32. The monoisotopic (exact) mass is 399 g/mol. The Bertz CT molecular complexity index is 748. The number of ether oxygens (including phenoxy) is 2. The van der Waals surface area contributed by atoms with Crippen LogP contribution in [0.5, 0.6) is 11.5 Å². The van der Waals surface area contributed by atoms with E-state index in [4.69, 9.17) is 4.74 Å². The van der Waals surface area contributed by atoms with Crippen LogP contribution >= 0.6 is 11.8 Å². The molecule has 0 fully saturated rings. The van der Waals surface area contributed by atoms with Crippen LogP contribution in [0.15, 0.2) is 53.4 Å². The van der Waals surface area contributed by atoms with Crippen molar-refractivity contribution in [2.75, 3.05) is 14.2 Å². The van der Waals surface area contributed by atoms with Gasteiger partial charge in [0.2, 0.25) is 5.91 Å². The molecule has 27 heavy (non-hydrogen) atoms. The highest BCUT2D eigenvalue weighted by molar-refractivity contribution is 8.00. The first-order valence-corrected chi connectivity index (χ1v) is 8.96. The Morgan fingerprint density at radius 3 is 2.15 bits per heavy atom. The van der Waals surface area contributed by atoms with Gasteiger partial charge < -0.3 is 14.4 Å². The second-order valence-corrected chi connectivity index (χ2v) is 7.24. The Balaban J connectivity index is 1.91. The number of methoxy groups -OCH3 is 1. The Labute approximate surface area is 160 Å². The summed E-state index contributed by atoms with van der Waals surface area (Å²) >= 11 is 1.43. The van der Waals surface area contributed by atoms with Crippen molar-refractivity contribution in [1.82, 2.24) is 4.90 Å². The molecule has 0 aliphatic heterocycles. The molecule has 0 spiro atoms. The number of hydrogen-bond acceptors (Lipinski definition) is 4. The molecule has 1 amide bonds. The van der Waals surface area contributed by atoms with Gasteiger partial charge in [0, 0.05) is 18.5 Å². The minimum absolute atomic E-state index is 0.0774. The number of nitrogens with zero attached hydrogens (tertiary/aromatic N) is 1. The molecule has 0 saturated carbocycles. The number of hydrogen-bond donors (Lipinski definition) is 0. The molecule has 0 bridgehead atoms. The maximum absolute atomic E-state index is 12.5. The standard InChI is InChI=1S/C19H20F3NO3S/c1-13(27-17-10-8-15(25-3)9-11-17)18(24)23(2)12-14-4-6-16(7-5-14)26-19(20,21)22/h4-11,13H,12H2,1-3H3. The van der Waals surface area contributed by atoms with E-state index in [1.54, 1.807) is 19.1 Å². The van der Waals surface area contributed by atoms with Crippen LogP contribution in [0, 0.1) is 0 Å². The van der Waals surface area contributed by atoms with Crippen LogP contribution < -0.4 is 9.47 Å². The van der Waals surface area contributed by atoms with Gasteiger partial charge in [0.15, 0.2) is 0 Å². The van der Waals surface area contributed by atoms with Crippen LogP contribution in [0.1, 0.15) is 12.5 Å². The summed E-state index contributed by atoms with van der Waals surface area (Å²) in [5.74, 6) is 0.378. The van der Waals surface area contributed by atoms with Gasteiger partial charge in [-0.1, -0.05) is 12.1 Å². The van der Waals surface area contributed by atoms with E-state index in [1.165, 1.54) is 36.0 Å². The van der Waals surface area contributed by atoms with Crippen molar-refractivity contribution in [2.45, 2.75) is 30.0 Å². The van der Waals surface area contributed by atoms with Gasteiger partial charge in [-0.3, -0.25) is 4.79 Å². The summed E-state index contributed by atoms with van der Waals surface area (Å²) in [6.45, 7) is 2.10. The summed E-state index contributed by atoms with van der Waals surface area (Å²) in [7, 11) is 3.25. The molecule has 2 rings (SSSR count). The summed E-state index contributed by atoms with van der Waals surface area (Å²) in [5.41, 5.74) is 0.710. The lowest BCUT2D eigenvalue weighted by atomic mass is 10.2. The lowest BCUT2D eigenvalue weighted by molar-refractivity contribution is -0.274. The largest absolute Gasteiger partial charge is 0.573 e. The van der Waals surface area contributed by atoms with Gasteiger partial charge in [-0.05, 0) is 48.9 Å². The van der Waals surface area contributed by atoms with Crippen molar-refractivity contribution in [2.24, 2.45) is 0 Å². The zero-order valence-electron chi connectivity index (χ0n) is 15.1. The van der Waals surface area contributed by atoms with Gasteiger partial charge in [-0.25, -0.2) is 0 Å². The number of benzene rings is 2. The van der Waals surface area contributed by atoms with Gasteiger partial charge in [0.25, 0.3) is 0 Å². The van der Waals surface area contributed by atoms with Crippen molar-refractivity contribution < 1.29 is 27.4 Å². The van der Waals surface area contributed by atoms with Gasteiger partial charge in [-0.2, -0.15) is 0 Å².